The molecular formula is C16H15ClN2O3. The smallest absolute Gasteiger partial charge is 0.280 e. The first-order valence-corrected chi connectivity index (χ1v) is 6.96. The number of hydrazone groups is 1. The Kier molecular flexibility index (Phi) is 5.38. The molecule has 0 aliphatic heterocycles. The fourth-order valence-corrected chi connectivity index (χ4v) is 1.72. The lowest BCUT2D eigenvalue weighted by Gasteiger charge is -2.12. The number of phenols is 1. The summed E-state index contributed by atoms with van der Waals surface area (Å²) in [6.07, 6.45) is 0.782. The first kappa shape index (κ1) is 15.9. The zero-order valence-corrected chi connectivity index (χ0v) is 12.6. The number of aromatic hydroxyl groups is 1. The number of carbonyl (C=O) groups is 1. The maximum absolute atomic E-state index is 11.8. The zero-order chi connectivity index (χ0) is 15.9. The molecule has 0 heterocycles. The van der Waals surface area contributed by atoms with Gasteiger partial charge in [-0.05, 0) is 61.0 Å². The highest BCUT2D eigenvalue weighted by Gasteiger charge is 2.13. The minimum absolute atomic E-state index is 0.172. The molecule has 0 radical (unpaired) electrons. The average molecular weight is 319 g/mol. The molecule has 0 saturated carbocycles. The number of hydrogen-bond donors (Lipinski definition) is 2. The molecule has 0 aliphatic carbocycles. The molecule has 5 nitrogen and oxygen atoms in total. The van der Waals surface area contributed by atoms with Crippen molar-refractivity contribution in [3.8, 4) is 11.5 Å². The van der Waals surface area contributed by atoms with Crippen LogP contribution in [-0.4, -0.2) is 23.3 Å². The van der Waals surface area contributed by atoms with E-state index in [1.165, 1.54) is 18.3 Å². The highest BCUT2D eigenvalue weighted by atomic mass is 35.5. The van der Waals surface area contributed by atoms with Gasteiger partial charge in [0.25, 0.3) is 5.91 Å². The van der Waals surface area contributed by atoms with E-state index in [2.05, 4.69) is 10.5 Å². The third-order valence-electron chi connectivity index (χ3n) is 2.78. The van der Waals surface area contributed by atoms with Gasteiger partial charge >= 0.3 is 0 Å². The van der Waals surface area contributed by atoms with E-state index in [1.807, 2.05) is 0 Å². The van der Waals surface area contributed by atoms with Crippen LogP contribution in [0.15, 0.2) is 53.6 Å². The quantitative estimate of drug-likeness (QED) is 0.657. The largest absolute Gasteiger partial charge is 0.508 e. The lowest BCUT2D eigenvalue weighted by Crippen LogP contribution is -2.33. The number of rotatable bonds is 5. The molecule has 0 spiro atoms. The number of halogens is 1. The molecule has 0 bridgehead atoms. The van der Waals surface area contributed by atoms with Crippen LogP contribution < -0.4 is 10.2 Å². The lowest BCUT2D eigenvalue weighted by molar-refractivity contribution is -0.127. The number of ether oxygens (including phenoxy) is 1. The summed E-state index contributed by atoms with van der Waals surface area (Å²) in [5.41, 5.74) is 3.15. The Morgan fingerprint density at radius 1 is 1.23 bits per heavy atom. The Hall–Kier alpha value is -2.53. The van der Waals surface area contributed by atoms with Gasteiger partial charge in [-0.15, -0.1) is 0 Å². The summed E-state index contributed by atoms with van der Waals surface area (Å²) in [5, 5.41) is 13.6. The van der Waals surface area contributed by atoms with Crippen molar-refractivity contribution >= 4 is 23.7 Å². The molecule has 6 heteroatoms. The van der Waals surface area contributed by atoms with Crippen molar-refractivity contribution in [2.24, 2.45) is 5.10 Å². The fourth-order valence-electron chi connectivity index (χ4n) is 1.59. The van der Waals surface area contributed by atoms with Crippen LogP contribution in [-0.2, 0) is 4.79 Å². The number of hydrogen-bond acceptors (Lipinski definition) is 4. The monoisotopic (exact) mass is 318 g/mol. The number of nitrogens with zero attached hydrogens (tertiary/aromatic N) is 1. The summed E-state index contributed by atoms with van der Waals surface area (Å²) in [4.78, 5) is 11.8. The Morgan fingerprint density at radius 2 is 1.86 bits per heavy atom. The van der Waals surface area contributed by atoms with E-state index in [9.17, 15) is 4.79 Å². The van der Waals surface area contributed by atoms with Gasteiger partial charge in [-0.25, -0.2) is 5.43 Å². The Morgan fingerprint density at radius 3 is 2.50 bits per heavy atom. The van der Waals surface area contributed by atoms with E-state index >= 15 is 0 Å². The van der Waals surface area contributed by atoms with E-state index < -0.39 is 6.10 Å². The molecule has 0 unspecified atom stereocenters. The first-order chi connectivity index (χ1) is 10.5. The van der Waals surface area contributed by atoms with Crippen LogP contribution >= 0.6 is 11.6 Å². The Bertz CT molecular complexity index is 654. The van der Waals surface area contributed by atoms with Crippen LogP contribution in [0.1, 0.15) is 12.5 Å². The predicted octanol–water partition coefficient (Wildman–Crippen LogP) is 2.96. The number of nitrogens with one attached hydrogen (secondary N) is 1. The van der Waals surface area contributed by atoms with Gasteiger partial charge in [0.1, 0.15) is 11.5 Å². The molecule has 2 N–H and O–H groups in total. The number of carbonyl (C=O) groups excluding carboxylic acids is 1. The first-order valence-electron chi connectivity index (χ1n) is 6.59. The van der Waals surface area contributed by atoms with E-state index in [0.29, 0.717) is 10.8 Å². The van der Waals surface area contributed by atoms with Crippen LogP contribution in [0.5, 0.6) is 11.5 Å². The number of amides is 1. The summed E-state index contributed by atoms with van der Waals surface area (Å²) < 4.78 is 5.47. The van der Waals surface area contributed by atoms with Crippen molar-refractivity contribution in [1.29, 1.82) is 0 Å². The predicted molar refractivity (Wildman–Crippen MR) is 85.4 cm³/mol. The maximum atomic E-state index is 11.8. The standard InChI is InChI=1S/C16H15ClN2O3/c1-11(22-15-8-4-13(17)5-9-15)16(21)19-18-10-12-2-6-14(20)7-3-12/h2-11,20H,1H3,(H,19,21)/b18-10+/t11-/m1/s1. The van der Waals surface area contributed by atoms with Crippen LogP contribution in [0.25, 0.3) is 0 Å². The summed E-state index contributed by atoms with van der Waals surface area (Å²) in [7, 11) is 0. The minimum Gasteiger partial charge on any atom is -0.508 e. The van der Waals surface area contributed by atoms with Crippen molar-refractivity contribution < 1.29 is 14.6 Å². The second-order valence-electron chi connectivity index (χ2n) is 4.54. The van der Waals surface area contributed by atoms with Gasteiger partial charge in [0.15, 0.2) is 6.10 Å². The highest BCUT2D eigenvalue weighted by Crippen LogP contribution is 2.16. The zero-order valence-electron chi connectivity index (χ0n) is 11.9. The van der Waals surface area contributed by atoms with E-state index in [4.69, 9.17) is 21.4 Å². The molecular weight excluding hydrogens is 304 g/mol. The van der Waals surface area contributed by atoms with Gasteiger partial charge in [-0.3, -0.25) is 4.79 Å². The summed E-state index contributed by atoms with van der Waals surface area (Å²) in [6, 6.07) is 13.2. The molecule has 0 fully saturated rings. The molecule has 1 amide bonds. The fraction of sp³-hybridized carbons (Fsp3) is 0.125. The van der Waals surface area contributed by atoms with Gasteiger partial charge in [0.2, 0.25) is 0 Å². The van der Waals surface area contributed by atoms with E-state index in [0.717, 1.165) is 5.56 Å². The Balaban J connectivity index is 1.85. The topological polar surface area (TPSA) is 70.9 Å². The molecule has 114 valence electrons. The molecule has 2 rings (SSSR count). The molecule has 0 saturated heterocycles. The third kappa shape index (κ3) is 4.79. The van der Waals surface area contributed by atoms with Crippen molar-refractivity contribution in [1.82, 2.24) is 5.43 Å². The molecule has 0 aromatic heterocycles. The number of benzene rings is 2. The minimum atomic E-state index is -0.696. The summed E-state index contributed by atoms with van der Waals surface area (Å²) in [5.74, 6) is 0.353. The second kappa shape index (κ2) is 7.47. The van der Waals surface area contributed by atoms with Crippen LogP contribution in [0.2, 0.25) is 5.02 Å². The van der Waals surface area contributed by atoms with Gasteiger partial charge in [0, 0.05) is 5.02 Å². The van der Waals surface area contributed by atoms with Crippen molar-refractivity contribution in [2.45, 2.75) is 13.0 Å². The third-order valence-corrected chi connectivity index (χ3v) is 3.03. The molecule has 2 aromatic rings. The normalized spacial score (nSPS) is 12.1. The van der Waals surface area contributed by atoms with Crippen LogP contribution in [0.4, 0.5) is 0 Å². The Labute approximate surface area is 133 Å². The average Bonchev–Trinajstić information content (AvgIpc) is 2.51. The van der Waals surface area contributed by atoms with Crippen LogP contribution in [0, 0.1) is 0 Å². The molecule has 2 aromatic carbocycles. The van der Waals surface area contributed by atoms with Crippen molar-refractivity contribution in [2.75, 3.05) is 0 Å². The summed E-state index contributed by atoms with van der Waals surface area (Å²) in [6.45, 7) is 1.63. The van der Waals surface area contributed by atoms with Gasteiger partial charge in [0.05, 0.1) is 6.21 Å². The SMILES string of the molecule is C[C@@H](Oc1ccc(Cl)cc1)C(=O)N/N=C/c1ccc(O)cc1. The van der Waals surface area contributed by atoms with Gasteiger partial charge in [-0.2, -0.15) is 5.10 Å². The highest BCUT2D eigenvalue weighted by molar-refractivity contribution is 6.30. The molecule has 0 aliphatic rings. The van der Waals surface area contributed by atoms with Crippen molar-refractivity contribution in [3.63, 3.8) is 0 Å². The molecule has 1 atom stereocenters. The lowest BCUT2D eigenvalue weighted by atomic mass is 10.2. The van der Waals surface area contributed by atoms with Crippen molar-refractivity contribution in [3.05, 3.63) is 59.1 Å². The number of phenolic OH excluding ortho intramolecular Hbond substituents is 1. The van der Waals surface area contributed by atoms with Gasteiger partial charge < -0.3 is 9.84 Å². The van der Waals surface area contributed by atoms with E-state index in [-0.39, 0.29) is 11.7 Å². The van der Waals surface area contributed by atoms with Gasteiger partial charge in [-0.1, -0.05) is 11.6 Å². The maximum Gasteiger partial charge on any atom is 0.280 e. The second-order valence-corrected chi connectivity index (χ2v) is 4.98. The summed E-state index contributed by atoms with van der Waals surface area (Å²) >= 11 is 5.78. The van der Waals surface area contributed by atoms with Crippen LogP contribution in [0.3, 0.4) is 0 Å². The van der Waals surface area contributed by atoms with E-state index in [1.54, 1.807) is 43.3 Å². The molecule has 22 heavy (non-hydrogen) atoms.